The fraction of sp³-hybridized carbons (Fsp3) is 0.143. The Hall–Kier alpha value is -0.910. The van der Waals surface area contributed by atoms with E-state index in [0.29, 0.717) is 0 Å². The summed E-state index contributed by atoms with van der Waals surface area (Å²) in [6.45, 7) is 0. The third-order valence-corrected chi connectivity index (χ3v) is 1.68. The standard InChI is InChI=1S/C7ClF6/c8-5-2(9)1-3(10)6(11)4(5)7(12,13)14. The van der Waals surface area contributed by atoms with Gasteiger partial charge in [-0.1, -0.05) is 11.6 Å². The van der Waals surface area contributed by atoms with E-state index in [9.17, 15) is 26.3 Å². The molecule has 0 saturated heterocycles. The third kappa shape index (κ3) is 1.79. The number of hydrogen-bond acceptors (Lipinski definition) is 0. The quantitative estimate of drug-likeness (QED) is 0.475. The van der Waals surface area contributed by atoms with Gasteiger partial charge in [-0.25, -0.2) is 13.2 Å². The summed E-state index contributed by atoms with van der Waals surface area (Å²) in [6.07, 6.45) is -5.25. The molecule has 1 aromatic rings. The van der Waals surface area contributed by atoms with Gasteiger partial charge in [0.15, 0.2) is 17.5 Å². The van der Waals surface area contributed by atoms with Crippen molar-refractivity contribution in [2.24, 2.45) is 0 Å². The summed E-state index contributed by atoms with van der Waals surface area (Å²) >= 11 is 4.82. The number of benzene rings is 1. The number of hydrogen-bond donors (Lipinski definition) is 0. The molecule has 1 rings (SSSR count). The lowest BCUT2D eigenvalue weighted by atomic mass is 10.2. The molecule has 0 fully saturated rings. The average molecular weight is 234 g/mol. The first kappa shape index (κ1) is 11.2. The van der Waals surface area contributed by atoms with Crippen molar-refractivity contribution in [3.05, 3.63) is 34.1 Å². The molecular weight excluding hydrogens is 234 g/mol. The second-order valence-corrected chi connectivity index (χ2v) is 2.63. The van der Waals surface area contributed by atoms with Gasteiger partial charge >= 0.3 is 6.18 Å². The molecule has 1 radical (unpaired) electrons. The monoisotopic (exact) mass is 233 g/mol. The zero-order chi connectivity index (χ0) is 11.1. The van der Waals surface area contributed by atoms with Gasteiger partial charge in [-0.2, -0.15) is 13.2 Å². The molecule has 0 aliphatic carbocycles. The summed E-state index contributed by atoms with van der Waals surface area (Å²) in [7, 11) is 0. The summed E-state index contributed by atoms with van der Waals surface area (Å²) < 4.78 is 73.3. The highest BCUT2D eigenvalue weighted by atomic mass is 35.5. The highest BCUT2D eigenvalue weighted by Gasteiger charge is 2.39. The average Bonchev–Trinajstić information content (AvgIpc) is 1.98. The molecule has 0 bridgehead atoms. The molecular formula is C7ClF6. The first-order valence-electron chi connectivity index (χ1n) is 3.07. The second kappa shape index (κ2) is 3.34. The lowest BCUT2D eigenvalue weighted by molar-refractivity contribution is -0.140. The van der Waals surface area contributed by atoms with Crippen LogP contribution >= 0.6 is 11.6 Å². The minimum absolute atomic E-state index is 1.08. The fourth-order valence-corrected chi connectivity index (χ4v) is 1.01. The van der Waals surface area contributed by atoms with Crippen molar-refractivity contribution in [2.45, 2.75) is 6.18 Å². The summed E-state index contributed by atoms with van der Waals surface area (Å²) in [6, 6.07) is 1.08. The molecule has 0 aliphatic rings. The van der Waals surface area contributed by atoms with E-state index in [1.165, 1.54) is 0 Å². The van der Waals surface area contributed by atoms with Gasteiger partial charge in [0.05, 0.1) is 11.1 Å². The summed E-state index contributed by atoms with van der Waals surface area (Å²) in [5.74, 6) is -6.10. The Labute approximate surface area is 79.1 Å². The Bertz CT molecular complexity index is 343. The van der Waals surface area contributed by atoms with Gasteiger partial charge in [-0.05, 0) is 0 Å². The number of alkyl halides is 3. The van der Waals surface area contributed by atoms with Gasteiger partial charge in [0.1, 0.15) is 5.56 Å². The van der Waals surface area contributed by atoms with Crippen molar-refractivity contribution in [3.63, 3.8) is 0 Å². The zero-order valence-electron chi connectivity index (χ0n) is 6.15. The van der Waals surface area contributed by atoms with Crippen LogP contribution in [0.2, 0.25) is 5.02 Å². The van der Waals surface area contributed by atoms with Gasteiger partial charge in [0.25, 0.3) is 0 Å². The Morgan fingerprint density at radius 3 is 1.93 bits per heavy atom. The van der Waals surface area contributed by atoms with Gasteiger partial charge in [-0.15, -0.1) is 0 Å². The van der Waals surface area contributed by atoms with Crippen LogP contribution in [0.4, 0.5) is 26.3 Å². The van der Waals surface area contributed by atoms with Gasteiger partial charge in [0.2, 0.25) is 0 Å². The van der Waals surface area contributed by atoms with Crippen molar-refractivity contribution in [2.75, 3.05) is 0 Å². The van der Waals surface area contributed by atoms with E-state index in [-0.39, 0.29) is 0 Å². The number of rotatable bonds is 0. The van der Waals surface area contributed by atoms with E-state index in [2.05, 4.69) is 0 Å². The lowest BCUT2D eigenvalue weighted by Gasteiger charge is -2.10. The van der Waals surface area contributed by atoms with E-state index in [1.807, 2.05) is 0 Å². The largest absolute Gasteiger partial charge is 0.420 e. The van der Waals surface area contributed by atoms with E-state index < -0.39 is 34.2 Å². The Balaban J connectivity index is 3.56. The topological polar surface area (TPSA) is 0 Å². The third-order valence-electron chi connectivity index (χ3n) is 1.33. The molecule has 14 heavy (non-hydrogen) atoms. The first-order valence-corrected chi connectivity index (χ1v) is 3.45. The first-order chi connectivity index (χ1) is 6.25. The Morgan fingerprint density at radius 1 is 1.00 bits per heavy atom. The van der Waals surface area contributed by atoms with Crippen molar-refractivity contribution >= 4 is 11.6 Å². The van der Waals surface area contributed by atoms with Crippen LogP contribution < -0.4 is 0 Å². The SMILES string of the molecule is Fc1[c]c(F)c(Cl)c(C(F)(F)F)c1F. The van der Waals surface area contributed by atoms with E-state index in [1.54, 1.807) is 0 Å². The Morgan fingerprint density at radius 2 is 1.50 bits per heavy atom. The minimum atomic E-state index is -5.25. The molecule has 0 atom stereocenters. The van der Waals surface area contributed by atoms with Crippen LogP contribution in [0.15, 0.2) is 0 Å². The summed E-state index contributed by atoms with van der Waals surface area (Å²) in [4.78, 5) is 0. The fourth-order valence-electron chi connectivity index (χ4n) is 0.771. The van der Waals surface area contributed by atoms with Gasteiger partial charge in [-0.3, -0.25) is 0 Å². The molecule has 77 valence electrons. The van der Waals surface area contributed by atoms with E-state index in [4.69, 9.17) is 11.6 Å². The maximum atomic E-state index is 12.6. The molecule has 0 unspecified atom stereocenters. The van der Waals surface area contributed by atoms with Crippen LogP contribution in [0.5, 0.6) is 0 Å². The van der Waals surface area contributed by atoms with Crippen LogP contribution in [-0.4, -0.2) is 0 Å². The summed E-state index contributed by atoms with van der Waals surface area (Å²) in [5, 5.41) is -1.53. The zero-order valence-corrected chi connectivity index (χ0v) is 6.90. The van der Waals surface area contributed by atoms with Crippen LogP contribution in [0.3, 0.4) is 0 Å². The van der Waals surface area contributed by atoms with Crippen LogP contribution in [0, 0.1) is 23.5 Å². The normalized spacial score (nSPS) is 11.9. The highest BCUT2D eigenvalue weighted by molar-refractivity contribution is 6.31. The predicted octanol–water partition coefficient (Wildman–Crippen LogP) is 3.58. The van der Waals surface area contributed by atoms with Crippen molar-refractivity contribution in [1.29, 1.82) is 0 Å². The molecule has 0 saturated carbocycles. The molecule has 0 spiro atoms. The lowest BCUT2D eigenvalue weighted by Crippen LogP contribution is -2.12. The molecule has 0 aromatic heterocycles. The van der Waals surface area contributed by atoms with Crippen molar-refractivity contribution in [3.8, 4) is 0 Å². The van der Waals surface area contributed by atoms with Crippen molar-refractivity contribution < 1.29 is 26.3 Å². The predicted molar refractivity (Wildman–Crippen MR) is 35.2 cm³/mol. The second-order valence-electron chi connectivity index (χ2n) is 2.25. The van der Waals surface area contributed by atoms with Gasteiger partial charge < -0.3 is 0 Å². The maximum absolute atomic E-state index is 12.6. The summed E-state index contributed by atoms with van der Waals surface area (Å²) in [5.41, 5.74) is -2.16. The van der Waals surface area contributed by atoms with Crippen LogP contribution in [0.1, 0.15) is 5.56 Å². The minimum Gasteiger partial charge on any atom is -0.205 e. The molecule has 0 nitrogen and oxygen atoms in total. The van der Waals surface area contributed by atoms with Gasteiger partial charge in [0, 0.05) is 0 Å². The molecule has 0 amide bonds. The molecule has 0 N–H and O–H groups in total. The highest BCUT2D eigenvalue weighted by Crippen LogP contribution is 2.38. The van der Waals surface area contributed by atoms with E-state index in [0.717, 1.165) is 6.07 Å². The van der Waals surface area contributed by atoms with E-state index >= 15 is 0 Å². The maximum Gasteiger partial charge on any atom is 0.420 e. The van der Waals surface area contributed by atoms with Crippen LogP contribution in [-0.2, 0) is 6.18 Å². The smallest absolute Gasteiger partial charge is 0.205 e. The molecule has 1 aromatic carbocycles. The van der Waals surface area contributed by atoms with Crippen LogP contribution in [0.25, 0.3) is 0 Å². The Kier molecular flexibility index (Phi) is 2.67. The molecule has 0 aliphatic heterocycles. The molecule has 0 heterocycles. The molecule has 7 heteroatoms. The van der Waals surface area contributed by atoms with Crippen molar-refractivity contribution in [1.82, 2.24) is 0 Å². The number of halogens is 7.